The van der Waals surface area contributed by atoms with Gasteiger partial charge in [0.25, 0.3) is 0 Å². The fraction of sp³-hybridized carbons (Fsp3) is 0.538. The highest BCUT2D eigenvalue weighted by molar-refractivity contribution is 7.89. The number of aromatic nitrogens is 4. The highest BCUT2D eigenvalue weighted by Crippen LogP contribution is 2.17. The van der Waals surface area contributed by atoms with E-state index in [1.54, 1.807) is 17.1 Å². The molecular weight excluding hydrogens is 290 g/mol. The minimum Gasteiger partial charge on any atom is -0.345 e. The van der Waals surface area contributed by atoms with E-state index >= 15 is 0 Å². The van der Waals surface area contributed by atoms with Crippen LogP contribution in [-0.4, -0.2) is 28.2 Å². The Bertz CT molecular complexity index is 689. The van der Waals surface area contributed by atoms with Crippen LogP contribution in [0.1, 0.15) is 44.2 Å². The number of hydrogen-bond acceptors (Lipinski definition) is 4. The number of imidazole rings is 1. The molecule has 0 radical (unpaired) electrons. The maximum atomic E-state index is 12.4. The largest absolute Gasteiger partial charge is 0.345 e. The van der Waals surface area contributed by atoms with Gasteiger partial charge in [-0.15, -0.1) is 0 Å². The number of aryl methyl sites for hydroxylation is 2. The minimum absolute atomic E-state index is 0.178. The van der Waals surface area contributed by atoms with E-state index < -0.39 is 10.0 Å². The monoisotopic (exact) mass is 311 g/mol. The molecule has 1 atom stereocenters. The molecule has 0 aliphatic heterocycles. The van der Waals surface area contributed by atoms with E-state index in [1.807, 2.05) is 20.8 Å². The molecule has 2 aromatic heterocycles. The van der Waals surface area contributed by atoms with Crippen LogP contribution in [0.15, 0.2) is 23.5 Å². The first-order valence-electron chi connectivity index (χ1n) is 7.02. The zero-order chi connectivity index (χ0) is 15.5. The van der Waals surface area contributed by atoms with Crippen molar-refractivity contribution in [1.29, 1.82) is 0 Å². The maximum absolute atomic E-state index is 12.4. The molecule has 2 N–H and O–H groups in total. The summed E-state index contributed by atoms with van der Waals surface area (Å²) in [5, 5.41) is 4.06. The number of nitrogens with zero attached hydrogens (tertiary/aromatic N) is 3. The van der Waals surface area contributed by atoms with Crippen molar-refractivity contribution in [2.75, 3.05) is 0 Å². The van der Waals surface area contributed by atoms with Crippen LogP contribution >= 0.6 is 0 Å². The second-order valence-corrected chi connectivity index (χ2v) is 6.69. The smallest absolute Gasteiger partial charge is 0.244 e. The summed E-state index contributed by atoms with van der Waals surface area (Å²) in [6.07, 6.45) is 6.11. The lowest BCUT2D eigenvalue weighted by Crippen LogP contribution is -2.28. The maximum Gasteiger partial charge on any atom is 0.244 e. The Kier molecular flexibility index (Phi) is 4.79. The van der Waals surface area contributed by atoms with Gasteiger partial charge in [0.15, 0.2) is 0 Å². The Morgan fingerprint density at radius 3 is 2.71 bits per heavy atom. The highest BCUT2D eigenvalue weighted by Gasteiger charge is 2.23. The summed E-state index contributed by atoms with van der Waals surface area (Å²) < 4.78 is 29.1. The summed E-state index contributed by atoms with van der Waals surface area (Å²) >= 11 is 0. The fourth-order valence-electron chi connectivity index (χ4n) is 2.03. The van der Waals surface area contributed by atoms with Crippen LogP contribution in [0.25, 0.3) is 0 Å². The molecule has 21 heavy (non-hydrogen) atoms. The van der Waals surface area contributed by atoms with E-state index in [9.17, 15) is 8.42 Å². The van der Waals surface area contributed by atoms with Crippen LogP contribution in [0.2, 0.25) is 0 Å². The van der Waals surface area contributed by atoms with Gasteiger partial charge in [-0.05, 0) is 19.8 Å². The summed E-state index contributed by atoms with van der Waals surface area (Å²) in [7, 11) is -3.60. The van der Waals surface area contributed by atoms with Gasteiger partial charge in [0.05, 0.1) is 12.2 Å². The average molecular weight is 311 g/mol. The number of H-pyrrole nitrogens is 1. The fourth-order valence-corrected chi connectivity index (χ4v) is 3.27. The molecule has 116 valence electrons. The summed E-state index contributed by atoms with van der Waals surface area (Å²) in [5.74, 6) is 0.625. The molecule has 0 unspecified atom stereocenters. The van der Waals surface area contributed by atoms with Crippen molar-refractivity contribution in [1.82, 2.24) is 24.5 Å². The van der Waals surface area contributed by atoms with Gasteiger partial charge in [0, 0.05) is 24.6 Å². The molecule has 0 spiro atoms. The Morgan fingerprint density at radius 1 is 1.38 bits per heavy atom. The molecule has 8 heteroatoms. The van der Waals surface area contributed by atoms with E-state index in [2.05, 4.69) is 19.8 Å². The van der Waals surface area contributed by atoms with Crippen molar-refractivity contribution in [2.45, 2.75) is 51.1 Å². The van der Waals surface area contributed by atoms with Crippen LogP contribution in [0.4, 0.5) is 0 Å². The number of rotatable bonds is 7. The summed E-state index contributed by atoms with van der Waals surface area (Å²) in [4.78, 5) is 7.44. The highest BCUT2D eigenvalue weighted by atomic mass is 32.2. The predicted octanol–water partition coefficient (Wildman–Crippen LogP) is 1.75. The lowest BCUT2D eigenvalue weighted by molar-refractivity contribution is 0.538. The third-order valence-electron chi connectivity index (χ3n) is 3.13. The Morgan fingerprint density at radius 2 is 2.14 bits per heavy atom. The summed E-state index contributed by atoms with van der Waals surface area (Å²) in [5.41, 5.74) is 0.901. The standard InChI is InChI=1S/C13H21N5O2S/c1-4-6-18-9-11(8-15-18)21(19,20)17-12(5-2)13-14-7-10(3)16-13/h7-9,12,17H,4-6H2,1-3H3,(H,14,16)/t12-/m0/s1. The van der Waals surface area contributed by atoms with Crippen molar-refractivity contribution in [3.63, 3.8) is 0 Å². The zero-order valence-corrected chi connectivity index (χ0v) is 13.3. The molecule has 7 nitrogen and oxygen atoms in total. The first kappa shape index (κ1) is 15.7. The third-order valence-corrected chi connectivity index (χ3v) is 4.56. The molecule has 2 heterocycles. The molecule has 2 aromatic rings. The van der Waals surface area contributed by atoms with Gasteiger partial charge in [0.2, 0.25) is 10.0 Å². The quantitative estimate of drug-likeness (QED) is 0.815. The first-order chi connectivity index (χ1) is 9.96. The molecule has 0 amide bonds. The van der Waals surface area contributed by atoms with Gasteiger partial charge >= 0.3 is 0 Å². The normalized spacial score (nSPS) is 13.5. The Labute approximate surface area is 124 Å². The number of hydrogen-bond donors (Lipinski definition) is 2. The second kappa shape index (κ2) is 6.40. The molecule has 2 rings (SSSR count). The van der Waals surface area contributed by atoms with Crippen LogP contribution in [0, 0.1) is 6.92 Å². The van der Waals surface area contributed by atoms with Crippen LogP contribution in [-0.2, 0) is 16.6 Å². The van der Waals surface area contributed by atoms with Gasteiger partial charge in [0.1, 0.15) is 10.7 Å². The zero-order valence-electron chi connectivity index (χ0n) is 12.5. The van der Waals surface area contributed by atoms with Crippen molar-refractivity contribution in [3.8, 4) is 0 Å². The van der Waals surface area contributed by atoms with Gasteiger partial charge < -0.3 is 4.98 Å². The van der Waals surface area contributed by atoms with E-state index in [1.165, 1.54) is 6.20 Å². The SMILES string of the molecule is CCCn1cc(S(=O)(=O)N[C@@H](CC)c2ncc(C)[nH]2)cn1. The summed E-state index contributed by atoms with van der Waals surface area (Å²) in [6.45, 7) is 6.50. The van der Waals surface area contributed by atoms with Gasteiger partial charge in [-0.1, -0.05) is 13.8 Å². The van der Waals surface area contributed by atoms with Crippen molar-refractivity contribution >= 4 is 10.0 Å². The van der Waals surface area contributed by atoms with E-state index in [-0.39, 0.29) is 10.9 Å². The molecule has 0 bridgehead atoms. The van der Waals surface area contributed by atoms with Gasteiger partial charge in [-0.3, -0.25) is 4.68 Å². The third kappa shape index (κ3) is 3.70. The van der Waals surface area contributed by atoms with Crippen molar-refractivity contribution in [2.24, 2.45) is 0 Å². The van der Waals surface area contributed by atoms with Crippen LogP contribution in [0.3, 0.4) is 0 Å². The van der Waals surface area contributed by atoms with Gasteiger partial charge in [-0.2, -0.15) is 5.10 Å². The molecule has 0 saturated heterocycles. The van der Waals surface area contributed by atoms with Crippen molar-refractivity contribution < 1.29 is 8.42 Å². The number of sulfonamides is 1. The number of nitrogens with one attached hydrogen (secondary N) is 2. The molecular formula is C13H21N5O2S. The second-order valence-electron chi connectivity index (χ2n) is 4.97. The Hall–Kier alpha value is -1.67. The lowest BCUT2D eigenvalue weighted by atomic mass is 10.2. The van der Waals surface area contributed by atoms with E-state index in [0.29, 0.717) is 18.8 Å². The van der Waals surface area contributed by atoms with E-state index in [0.717, 1.165) is 12.1 Å². The van der Waals surface area contributed by atoms with Crippen molar-refractivity contribution in [3.05, 3.63) is 30.1 Å². The molecule has 0 saturated carbocycles. The average Bonchev–Trinajstić information content (AvgIpc) is 3.06. The number of aromatic amines is 1. The molecule has 0 aliphatic carbocycles. The predicted molar refractivity (Wildman–Crippen MR) is 79.2 cm³/mol. The van der Waals surface area contributed by atoms with E-state index in [4.69, 9.17) is 0 Å². The molecule has 0 fully saturated rings. The molecule has 0 aromatic carbocycles. The van der Waals surface area contributed by atoms with Crippen LogP contribution < -0.4 is 4.72 Å². The first-order valence-corrected chi connectivity index (χ1v) is 8.51. The summed E-state index contributed by atoms with van der Waals surface area (Å²) in [6, 6.07) is -0.377. The molecule has 0 aliphatic rings. The Balaban J connectivity index is 2.18. The minimum atomic E-state index is -3.60. The van der Waals surface area contributed by atoms with Gasteiger partial charge in [-0.25, -0.2) is 18.1 Å². The topological polar surface area (TPSA) is 92.7 Å². The van der Waals surface area contributed by atoms with Crippen LogP contribution in [0.5, 0.6) is 0 Å². The lowest BCUT2D eigenvalue weighted by Gasteiger charge is -2.14.